The zero-order valence-electron chi connectivity index (χ0n) is 14.1. The highest BCUT2D eigenvalue weighted by Gasteiger charge is 2.14. The SMILES string of the molecule is O=C(/C=C/c1ccco1)Nc1ccccc1-c1nc(-c2ccncc2)no1. The molecule has 0 fully saturated rings. The Hall–Kier alpha value is -4.00. The van der Waals surface area contributed by atoms with Gasteiger partial charge in [-0.15, -0.1) is 0 Å². The summed E-state index contributed by atoms with van der Waals surface area (Å²) >= 11 is 0. The molecule has 7 heteroatoms. The van der Waals surface area contributed by atoms with E-state index in [1.54, 1.807) is 61.1 Å². The van der Waals surface area contributed by atoms with Crippen LogP contribution in [-0.4, -0.2) is 21.0 Å². The van der Waals surface area contributed by atoms with Crippen LogP contribution in [0.1, 0.15) is 5.76 Å². The molecule has 0 atom stereocenters. The summed E-state index contributed by atoms with van der Waals surface area (Å²) in [6.45, 7) is 0. The minimum absolute atomic E-state index is 0.298. The third-order valence-electron chi connectivity index (χ3n) is 3.72. The standard InChI is InChI=1S/C20H14N4O3/c25-18(8-7-15-4-3-13-26-15)22-17-6-2-1-5-16(17)20-23-19(24-27-20)14-9-11-21-12-10-14/h1-13H,(H,22,25)/b8-7+. The Bertz CT molecular complexity index is 1070. The Labute approximate surface area is 154 Å². The van der Waals surface area contributed by atoms with Crippen molar-refractivity contribution >= 4 is 17.7 Å². The number of hydrogen-bond acceptors (Lipinski definition) is 6. The monoisotopic (exact) mass is 358 g/mol. The summed E-state index contributed by atoms with van der Waals surface area (Å²) in [6, 6.07) is 14.3. The van der Waals surface area contributed by atoms with E-state index < -0.39 is 0 Å². The van der Waals surface area contributed by atoms with Crippen LogP contribution in [0.25, 0.3) is 28.9 Å². The Morgan fingerprint density at radius 3 is 2.70 bits per heavy atom. The number of nitrogens with zero attached hydrogens (tertiary/aromatic N) is 3. The van der Waals surface area contributed by atoms with E-state index in [1.165, 1.54) is 6.08 Å². The largest absolute Gasteiger partial charge is 0.465 e. The fourth-order valence-corrected chi connectivity index (χ4v) is 2.45. The number of carbonyl (C=O) groups excluding carboxylic acids is 1. The average molecular weight is 358 g/mol. The molecule has 27 heavy (non-hydrogen) atoms. The first-order chi connectivity index (χ1) is 13.3. The maximum Gasteiger partial charge on any atom is 0.260 e. The van der Waals surface area contributed by atoms with Crippen molar-refractivity contribution in [1.82, 2.24) is 15.1 Å². The second-order valence-electron chi connectivity index (χ2n) is 5.54. The van der Waals surface area contributed by atoms with Crippen LogP contribution >= 0.6 is 0 Å². The highest BCUT2D eigenvalue weighted by molar-refractivity contribution is 6.03. The predicted octanol–water partition coefficient (Wildman–Crippen LogP) is 4.04. The van der Waals surface area contributed by atoms with Gasteiger partial charge in [-0.25, -0.2) is 0 Å². The van der Waals surface area contributed by atoms with E-state index in [2.05, 4.69) is 20.4 Å². The lowest BCUT2D eigenvalue weighted by Gasteiger charge is -2.06. The molecule has 0 radical (unpaired) electrons. The van der Waals surface area contributed by atoms with Crippen molar-refractivity contribution in [3.63, 3.8) is 0 Å². The van der Waals surface area contributed by atoms with Crippen LogP contribution in [0.4, 0.5) is 5.69 Å². The number of pyridine rings is 1. The molecule has 3 aromatic heterocycles. The van der Waals surface area contributed by atoms with Gasteiger partial charge in [-0.3, -0.25) is 9.78 Å². The molecule has 0 unspecified atom stereocenters. The number of para-hydroxylation sites is 1. The third-order valence-corrected chi connectivity index (χ3v) is 3.72. The van der Waals surface area contributed by atoms with Crippen LogP contribution in [-0.2, 0) is 4.79 Å². The van der Waals surface area contributed by atoms with Crippen LogP contribution in [0, 0.1) is 0 Å². The van der Waals surface area contributed by atoms with E-state index in [4.69, 9.17) is 8.94 Å². The maximum absolute atomic E-state index is 12.2. The number of anilines is 1. The molecule has 0 aliphatic carbocycles. The molecule has 7 nitrogen and oxygen atoms in total. The summed E-state index contributed by atoms with van der Waals surface area (Å²) in [6.07, 6.45) is 7.84. The van der Waals surface area contributed by atoms with Crippen LogP contribution in [0.15, 0.2) is 82.2 Å². The smallest absolute Gasteiger partial charge is 0.260 e. The quantitative estimate of drug-likeness (QED) is 0.541. The van der Waals surface area contributed by atoms with Crippen LogP contribution < -0.4 is 5.32 Å². The molecule has 1 aromatic carbocycles. The van der Waals surface area contributed by atoms with Gasteiger partial charge in [0, 0.05) is 24.0 Å². The van der Waals surface area contributed by atoms with Gasteiger partial charge in [0.25, 0.3) is 5.89 Å². The third kappa shape index (κ3) is 3.82. The lowest BCUT2D eigenvalue weighted by molar-refractivity contribution is -0.111. The lowest BCUT2D eigenvalue weighted by Crippen LogP contribution is -2.08. The number of nitrogens with one attached hydrogen (secondary N) is 1. The molecule has 0 aliphatic heterocycles. The Morgan fingerprint density at radius 1 is 1.04 bits per heavy atom. The maximum atomic E-state index is 12.2. The van der Waals surface area contributed by atoms with Gasteiger partial charge in [0.1, 0.15) is 5.76 Å². The van der Waals surface area contributed by atoms with Crippen molar-refractivity contribution in [2.24, 2.45) is 0 Å². The van der Waals surface area contributed by atoms with E-state index in [9.17, 15) is 4.79 Å². The molecule has 0 spiro atoms. The van der Waals surface area contributed by atoms with Crippen molar-refractivity contribution in [2.45, 2.75) is 0 Å². The molecule has 0 aliphatic rings. The minimum Gasteiger partial charge on any atom is -0.465 e. The molecular weight excluding hydrogens is 344 g/mol. The average Bonchev–Trinajstić information content (AvgIpc) is 3.40. The zero-order valence-corrected chi connectivity index (χ0v) is 14.1. The summed E-state index contributed by atoms with van der Waals surface area (Å²) in [5, 5.41) is 6.82. The number of rotatable bonds is 5. The van der Waals surface area contributed by atoms with E-state index in [-0.39, 0.29) is 5.91 Å². The van der Waals surface area contributed by atoms with E-state index >= 15 is 0 Å². The Balaban J connectivity index is 1.56. The van der Waals surface area contributed by atoms with E-state index in [0.29, 0.717) is 28.7 Å². The molecule has 0 saturated carbocycles. The molecule has 3 heterocycles. The number of furan rings is 1. The lowest BCUT2D eigenvalue weighted by atomic mass is 10.1. The molecule has 1 amide bonds. The fourth-order valence-electron chi connectivity index (χ4n) is 2.45. The van der Waals surface area contributed by atoms with Crippen LogP contribution in [0.2, 0.25) is 0 Å². The highest BCUT2D eigenvalue weighted by atomic mass is 16.5. The number of aromatic nitrogens is 3. The van der Waals surface area contributed by atoms with Gasteiger partial charge >= 0.3 is 0 Å². The summed E-state index contributed by atoms with van der Waals surface area (Å²) in [4.78, 5) is 20.6. The molecule has 132 valence electrons. The molecular formula is C20H14N4O3. The van der Waals surface area contributed by atoms with Gasteiger partial charge in [0.05, 0.1) is 17.5 Å². The summed E-state index contributed by atoms with van der Waals surface area (Å²) in [5.41, 5.74) is 1.99. The number of hydrogen-bond donors (Lipinski definition) is 1. The summed E-state index contributed by atoms with van der Waals surface area (Å²) in [7, 11) is 0. The second-order valence-corrected chi connectivity index (χ2v) is 5.54. The van der Waals surface area contributed by atoms with Crippen molar-refractivity contribution in [3.8, 4) is 22.8 Å². The number of amides is 1. The Kier molecular flexibility index (Phi) is 4.57. The first-order valence-corrected chi connectivity index (χ1v) is 8.16. The van der Waals surface area contributed by atoms with Gasteiger partial charge in [0.2, 0.25) is 11.7 Å². The number of carbonyl (C=O) groups is 1. The molecule has 1 N–H and O–H groups in total. The minimum atomic E-state index is -0.298. The van der Waals surface area contributed by atoms with Gasteiger partial charge < -0.3 is 14.3 Å². The summed E-state index contributed by atoms with van der Waals surface area (Å²) in [5.74, 6) is 1.06. The zero-order chi connectivity index (χ0) is 18.5. The molecule has 0 bridgehead atoms. The predicted molar refractivity (Wildman–Crippen MR) is 99.3 cm³/mol. The van der Waals surface area contributed by atoms with Crippen LogP contribution in [0.5, 0.6) is 0 Å². The molecule has 4 aromatic rings. The van der Waals surface area contributed by atoms with Crippen LogP contribution in [0.3, 0.4) is 0 Å². The van der Waals surface area contributed by atoms with Crippen molar-refractivity contribution < 1.29 is 13.7 Å². The van der Waals surface area contributed by atoms with Gasteiger partial charge in [-0.2, -0.15) is 4.98 Å². The van der Waals surface area contributed by atoms with Gasteiger partial charge in [-0.1, -0.05) is 17.3 Å². The van der Waals surface area contributed by atoms with Gasteiger partial charge in [0.15, 0.2) is 0 Å². The Morgan fingerprint density at radius 2 is 1.89 bits per heavy atom. The van der Waals surface area contributed by atoms with E-state index in [0.717, 1.165) is 5.56 Å². The second kappa shape index (κ2) is 7.49. The normalized spacial score (nSPS) is 11.0. The van der Waals surface area contributed by atoms with Gasteiger partial charge in [-0.05, 0) is 42.5 Å². The van der Waals surface area contributed by atoms with Crippen molar-refractivity contribution in [1.29, 1.82) is 0 Å². The molecule has 0 saturated heterocycles. The fraction of sp³-hybridized carbons (Fsp3) is 0. The van der Waals surface area contributed by atoms with Crippen molar-refractivity contribution in [2.75, 3.05) is 5.32 Å². The topological polar surface area (TPSA) is 94.1 Å². The first-order valence-electron chi connectivity index (χ1n) is 8.16. The highest BCUT2D eigenvalue weighted by Crippen LogP contribution is 2.28. The molecule has 4 rings (SSSR count). The van der Waals surface area contributed by atoms with E-state index in [1.807, 2.05) is 12.1 Å². The first kappa shape index (κ1) is 16.5. The van der Waals surface area contributed by atoms with Crippen molar-refractivity contribution in [3.05, 3.63) is 79.0 Å². The number of benzene rings is 1. The summed E-state index contributed by atoms with van der Waals surface area (Å²) < 4.78 is 10.5.